The van der Waals surface area contributed by atoms with E-state index in [2.05, 4.69) is 27.4 Å². The first kappa shape index (κ1) is 18.8. The third-order valence-electron chi connectivity index (χ3n) is 4.28. The molecule has 1 heterocycles. The van der Waals surface area contributed by atoms with Crippen molar-refractivity contribution in [1.29, 1.82) is 0 Å². The smallest absolute Gasteiger partial charge is 0.315 e. The van der Waals surface area contributed by atoms with Crippen LogP contribution in [0.5, 0.6) is 5.75 Å². The van der Waals surface area contributed by atoms with Crippen molar-refractivity contribution in [3.63, 3.8) is 0 Å². The second-order valence-electron chi connectivity index (χ2n) is 6.27. The molecule has 0 bridgehead atoms. The van der Waals surface area contributed by atoms with Crippen molar-refractivity contribution < 1.29 is 9.53 Å². The van der Waals surface area contributed by atoms with Crippen LogP contribution in [0.25, 0.3) is 0 Å². The van der Waals surface area contributed by atoms with Crippen LogP contribution in [0.3, 0.4) is 0 Å². The molecule has 7 heteroatoms. The molecule has 2 rings (SSSR count). The van der Waals surface area contributed by atoms with Crippen LogP contribution in [-0.4, -0.2) is 54.3 Å². The molecular formula is C18H27N5O2. The Balaban J connectivity index is 2.15. The van der Waals surface area contributed by atoms with Crippen molar-refractivity contribution in [1.82, 2.24) is 25.1 Å². The highest BCUT2D eigenvalue weighted by molar-refractivity contribution is 5.74. The second kappa shape index (κ2) is 8.53. The zero-order valence-corrected chi connectivity index (χ0v) is 15.5. The SMILES string of the molecule is COc1ccc([C@@H](NC(=O)NC[C@@H](C)N(C)C)c2nccn2C)cc1. The maximum atomic E-state index is 12.4. The number of rotatable bonds is 7. The van der Waals surface area contributed by atoms with Gasteiger partial charge in [0.25, 0.3) is 0 Å². The van der Waals surface area contributed by atoms with E-state index in [0.29, 0.717) is 6.54 Å². The van der Waals surface area contributed by atoms with Crippen molar-refractivity contribution in [3.8, 4) is 5.75 Å². The summed E-state index contributed by atoms with van der Waals surface area (Å²) in [4.78, 5) is 18.8. The average Bonchev–Trinajstić information content (AvgIpc) is 3.03. The lowest BCUT2D eigenvalue weighted by molar-refractivity contribution is 0.232. The summed E-state index contributed by atoms with van der Waals surface area (Å²) in [5, 5.41) is 5.93. The molecule has 0 aliphatic heterocycles. The van der Waals surface area contributed by atoms with E-state index in [1.54, 1.807) is 13.3 Å². The number of urea groups is 1. The molecule has 2 aromatic rings. The predicted molar refractivity (Wildman–Crippen MR) is 97.7 cm³/mol. The van der Waals surface area contributed by atoms with E-state index < -0.39 is 0 Å². The molecule has 1 aromatic carbocycles. The summed E-state index contributed by atoms with van der Waals surface area (Å²) in [5.41, 5.74) is 0.936. The van der Waals surface area contributed by atoms with Crippen molar-refractivity contribution in [2.75, 3.05) is 27.7 Å². The fourth-order valence-electron chi connectivity index (χ4n) is 2.35. The van der Waals surface area contributed by atoms with Gasteiger partial charge >= 0.3 is 6.03 Å². The van der Waals surface area contributed by atoms with Crippen LogP contribution in [0, 0.1) is 0 Å². The molecule has 136 valence electrons. The molecule has 25 heavy (non-hydrogen) atoms. The van der Waals surface area contributed by atoms with Gasteiger partial charge < -0.3 is 24.8 Å². The van der Waals surface area contributed by atoms with Gasteiger partial charge in [-0.25, -0.2) is 9.78 Å². The zero-order chi connectivity index (χ0) is 18.4. The molecule has 2 N–H and O–H groups in total. The lowest BCUT2D eigenvalue weighted by Crippen LogP contribution is -2.44. The summed E-state index contributed by atoms with van der Waals surface area (Å²) in [6.07, 6.45) is 3.58. The van der Waals surface area contributed by atoms with Gasteiger partial charge in [0.2, 0.25) is 0 Å². The third kappa shape index (κ3) is 4.96. The number of imidazole rings is 1. The molecule has 2 amide bonds. The maximum absolute atomic E-state index is 12.4. The van der Waals surface area contributed by atoms with Gasteiger partial charge in [0.05, 0.1) is 7.11 Å². The number of ether oxygens (including phenoxy) is 1. The fourth-order valence-corrected chi connectivity index (χ4v) is 2.35. The number of carbonyl (C=O) groups excluding carboxylic acids is 1. The van der Waals surface area contributed by atoms with E-state index in [1.807, 2.05) is 56.2 Å². The van der Waals surface area contributed by atoms with E-state index >= 15 is 0 Å². The number of methoxy groups -OCH3 is 1. The molecule has 2 atom stereocenters. The molecule has 0 saturated heterocycles. The molecule has 0 fully saturated rings. The number of nitrogens with zero attached hydrogens (tertiary/aromatic N) is 3. The van der Waals surface area contributed by atoms with Crippen LogP contribution in [0.1, 0.15) is 24.4 Å². The van der Waals surface area contributed by atoms with E-state index in [4.69, 9.17) is 4.74 Å². The van der Waals surface area contributed by atoms with Crippen LogP contribution in [0.15, 0.2) is 36.7 Å². The van der Waals surface area contributed by atoms with Crippen molar-refractivity contribution in [2.24, 2.45) is 7.05 Å². The lowest BCUT2D eigenvalue weighted by atomic mass is 10.1. The Morgan fingerprint density at radius 2 is 2.00 bits per heavy atom. The molecule has 0 aliphatic carbocycles. The Labute approximate surface area is 149 Å². The number of hydrogen-bond donors (Lipinski definition) is 2. The van der Waals surface area contributed by atoms with E-state index in [0.717, 1.165) is 17.1 Å². The van der Waals surface area contributed by atoms with Crippen LogP contribution in [0.4, 0.5) is 4.79 Å². The van der Waals surface area contributed by atoms with Gasteiger partial charge in [0, 0.05) is 32.0 Å². The van der Waals surface area contributed by atoms with Gasteiger partial charge in [-0.1, -0.05) is 12.1 Å². The Hall–Kier alpha value is -2.54. The van der Waals surface area contributed by atoms with Gasteiger partial charge in [-0.05, 0) is 38.7 Å². The second-order valence-corrected chi connectivity index (χ2v) is 6.27. The number of nitrogens with one attached hydrogen (secondary N) is 2. The molecule has 0 radical (unpaired) electrons. The first-order valence-electron chi connectivity index (χ1n) is 8.24. The number of likely N-dealkylation sites (N-methyl/N-ethyl adjacent to an activating group) is 1. The summed E-state index contributed by atoms with van der Waals surface area (Å²) in [7, 11) is 7.51. The molecule has 0 saturated carbocycles. The van der Waals surface area contributed by atoms with Gasteiger partial charge in [-0.3, -0.25) is 0 Å². The molecule has 0 aliphatic rings. The Bertz CT molecular complexity index is 681. The summed E-state index contributed by atoms with van der Waals surface area (Å²) >= 11 is 0. The number of benzene rings is 1. The molecular weight excluding hydrogens is 318 g/mol. The van der Waals surface area contributed by atoms with Gasteiger partial charge in [-0.15, -0.1) is 0 Å². The normalized spacial score (nSPS) is 13.4. The van der Waals surface area contributed by atoms with Crippen LogP contribution in [-0.2, 0) is 7.05 Å². The summed E-state index contributed by atoms with van der Waals surface area (Å²) < 4.78 is 7.11. The van der Waals surface area contributed by atoms with Crippen LogP contribution >= 0.6 is 0 Å². The number of aryl methyl sites for hydroxylation is 1. The molecule has 1 aromatic heterocycles. The van der Waals surface area contributed by atoms with Crippen LogP contribution in [0.2, 0.25) is 0 Å². The minimum Gasteiger partial charge on any atom is -0.497 e. The monoisotopic (exact) mass is 345 g/mol. The van der Waals surface area contributed by atoms with Crippen molar-refractivity contribution in [3.05, 3.63) is 48.0 Å². The summed E-state index contributed by atoms with van der Waals surface area (Å²) in [5.74, 6) is 1.53. The number of amides is 2. The predicted octanol–water partition coefficient (Wildman–Crippen LogP) is 1.77. The first-order chi connectivity index (χ1) is 11.9. The highest BCUT2D eigenvalue weighted by Gasteiger charge is 2.21. The molecule has 0 spiro atoms. The van der Waals surface area contributed by atoms with Crippen molar-refractivity contribution >= 4 is 6.03 Å². The largest absolute Gasteiger partial charge is 0.497 e. The Kier molecular flexibility index (Phi) is 6.41. The number of hydrogen-bond acceptors (Lipinski definition) is 4. The highest BCUT2D eigenvalue weighted by atomic mass is 16.5. The van der Waals surface area contributed by atoms with E-state index in [-0.39, 0.29) is 18.1 Å². The first-order valence-corrected chi connectivity index (χ1v) is 8.24. The van der Waals surface area contributed by atoms with E-state index in [9.17, 15) is 4.79 Å². The highest BCUT2D eigenvalue weighted by Crippen LogP contribution is 2.22. The van der Waals surface area contributed by atoms with E-state index in [1.165, 1.54) is 0 Å². The van der Waals surface area contributed by atoms with Gasteiger partial charge in [0.1, 0.15) is 17.6 Å². The quantitative estimate of drug-likeness (QED) is 0.802. The van der Waals surface area contributed by atoms with Crippen molar-refractivity contribution in [2.45, 2.75) is 19.0 Å². The third-order valence-corrected chi connectivity index (χ3v) is 4.28. The van der Waals surface area contributed by atoms with Crippen LogP contribution < -0.4 is 15.4 Å². The van der Waals surface area contributed by atoms with Gasteiger partial charge in [-0.2, -0.15) is 0 Å². The fraction of sp³-hybridized carbons (Fsp3) is 0.444. The maximum Gasteiger partial charge on any atom is 0.315 e. The summed E-state index contributed by atoms with van der Waals surface area (Å²) in [6, 6.07) is 7.29. The molecule has 7 nitrogen and oxygen atoms in total. The standard InChI is InChI=1S/C18H27N5O2/c1-13(22(2)3)12-20-18(24)21-16(17-19-10-11-23(17)4)14-6-8-15(25-5)9-7-14/h6-11,13,16H,12H2,1-5H3,(H2,20,21,24)/t13-,16-/m1/s1. The van der Waals surface area contributed by atoms with Gasteiger partial charge in [0.15, 0.2) is 0 Å². The summed E-state index contributed by atoms with van der Waals surface area (Å²) in [6.45, 7) is 2.62. The number of carbonyl (C=O) groups is 1. The Morgan fingerprint density at radius 3 is 2.52 bits per heavy atom. The topological polar surface area (TPSA) is 71.4 Å². The average molecular weight is 345 g/mol. The minimum atomic E-state index is -0.347. The minimum absolute atomic E-state index is 0.225. The zero-order valence-electron chi connectivity index (χ0n) is 15.5. The molecule has 0 unspecified atom stereocenters. The lowest BCUT2D eigenvalue weighted by Gasteiger charge is -2.23. The number of aromatic nitrogens is 2. The Morgan fingerprint density at radius 1 is 1.32 bits per heavy atom.